The Hall–Kier alpha value is -0.372. The third-order valence-electron chi connectivity index (χ3n) is 1.81. The summed E-state index contributed by atoms with van der Waals surface area (Å²) in [7, 11) is 0. The van der Waals surface area contributed by atoms with Gasteiger partial charge in [0.05, 0.1) is 0 Å². The molecule has 0 aromatic rings. The second-order valence-corrected chi connectivity index (χ2v) is 4.78. The van der Waals surface area contributed by atoms with Crippen LogP contribution in [0.25, 0.3) is 0 Å². The zero-order valence-electron chi connectivity index (χ0n) is 11.0. The molecule has 1 amide bonds. The summed E-state index contributed by atoms with van der Waals surface area (Å²) in [5.74, 6) is -0.601. The second kappa shape index (κ2) is 8.68. The summed E-state index contributed by atoms with van der Waals surface area (Å²) < 4.78 is 5.22. The SMILES string of the molecule is [CH2-]CCCC(NC(C)=O)C(=O)OC(C)(C)C.[W]. The normalized spacial score (nSPS) is 12.3. The van der Waals surface area contributed by atoms with Crippen molar-refractivity contribution in [3.05, 3.63) is 6.92 Å². The molecule has 0 saturated carbocycles. The fraction of sp³-hybridized carbons (Fsp3) is 0.750. The molecule has 0 aliphatic rings. The van der Waals surface area contributed by atoms with E-state index >= 15 is 0 Å². The van der Waals surface area contributed by atoms with E-state index in [1.807, 2.05) is 0 Å². The van der Waals surface area contributed by atoms with Gasteiger partial charge in [0.15, 0.2) is 0 Å². The number of carbonyl (C=O) groups excluding carboxylic acids is 2. The molecule has 0 aliphatic carbocycles. The van der Waals surface area contributed by atoms with Gasteiger partial charge in [-0.15, -0.1) is 0 Å². The van der Waals surface area contributed by atoms with Crippen LogP contribution in [0.15, 0.2) is 0 Å². The maximum atomic E-state index is 11.7. The molecule has 1 unspecified atom stereocenters. The van der Waals surface area contributed by atoms with Crippen LogP contribution >= 0.6 is 0 Å². The summed E-state index contributed by atoms with van der Waals surface area (Å²) in [6, 6.07) is -0.557. The van der Waals surface area contributed by atoms with Crippen molar-refractivity contribution in [2.24, 2.45) is 0 Å². The number of rotatable bonds is 5. The van der Waals surface area contributed by atoms with E-state index in [1.165, 1.54) is 6.92 Å². The molecule has 0 aromatic heterocycles. The molecule has 0 bridgehead atoms. The molecule has 0 spiro atoms. The molecule has 4 nitrogen and oxygen atoms in total. The van der Waals surface area contributed by atoms with E-state index in [1.54, 1.807) is 20.8 Å². The summed E-state index contributed by atoms with van der Waals surface area (Å²) >= 11 is 0. The summed E-state index contributed by atoms with van der Waals surface area (Å²) in [6.07, 6.45) is 2.08. The van der Waals surface area contributed by atoms with Gasteiger partial charge < -0.3 is 17.0 Å². The van der Waals surface area contributed by atoms with Gasteiger partial charge in [-0.2, -0.15) is 6.42 Å². The maximum absolute atomic E-state index is 11.7. The van der Waals surface area contributed by atoms with Gasteiger partial charge >= 0.3 is 5.97 Å². The minimum atomic E-state index is -0.557. The summed E-state index contributed by atoms with van der Waals surface area (Å²) in [5.41, 5.74) is -0.529. The Labute approximate surface area is 118 Å². The predicted octanol–water partition coefficient (Wildman–Crippen LogP) is 1.83. The molecule has 0 aromatic carbocycles. The van der Waals surface area contributed by atoms with Gasteiger partial charge in [-0.3, -0.25) is 4.79 Å². The molecule has 1 N–H and O–H groups in total. The minimum absolute atomic E-state index is 0. The molecule has 0 fully saturated rings. The zero-order chi connectivity index (χ0) is 12.8. The Morgan fingerprint density at radius 1 is 1.35 bits per heavy atom. The number of amides is 1. The van der Waals surface area contributed by atoms with Gasteiger partial charge in [-0.25, -0.2) is 4.79 Å². The van der Waals surface area contributed by atoms with Crippen LogP contribution in [0.5, 0.6) is 0 Å². The van der Waals surface area contributed by atoms with E-state index < -0.39 is 11.6 Å². The second-order valence-electron chi connectivity index (χ2n) is 4.78. The van der Waals surface area contributed by atoms with Crippen molar-refractivity contribution < 1.29 is 35.4 Å². The Kier molecular flexibility index (Phi) is 9.69. The van der Waals surface area contributed by atoms with E-state index in [2.05, 4.69) is 12.2 Å². The Morgan fingerprint density at radius 3 is 2.24 bits per heavy atom. The topological polar surface area (TPSA) is 55.4 Å². The molecule has 1 atom stereocenters. The summed E-state index contributed by atoms with van der Waals surface area (Å²) in [4.78, 5) is 22.7. The average Bonchev–Trinajstić information content (AvgIpc) is 2.08. The van der Waals surface area contributed by atoms with Gasteiger partial charge in [-0.05, 0) is 27.2 Å². The Balaban J connectivity index is 0. The van der Waals surface area contributed by atoms with Crippen molar-refractivity contribution in [2.45, 2.75) is 58.6 Å². The number of unbranched alkanes of at least 4 members (excludes halogenated alkanes) is 1. The standard InChI is InChI=1S/C12H22NO3.W/c1-6-7-8-10(13-9(2)14)11(15)16-12(3,4)5;/h10H,1,6-8H2,2-5H3,(H,13,14);/q-1;. The fourth-order valence-corrected chi connectivity index (χ4v) is 1.22. The van der Waals surface area contributed by atoms with Crippen molar-refractivity contribution in [2.75, 3.05) is 0 Å². The van der Waals surface area contributed by atoms with Crippen molar-refractivity contribution in [3.8, 4) is 0 Å². The Bertz CT molecular complexity index is 249. The molecule has 0 saturated heterocycles. The van der Waals surface area contributed by atoms with E-state index in [0.29, 0.717) is 6.42 Å². The molecule has 17 heavy (non-hydrogen) atoms. The van der Waals surface area contributed by atoms with E-state index in [9.17, 15) is 9.59 Å². The third-order valence-corrected chi connectivity index (χ3v) is 1.81. The van der Waals surface area contributed by atoms with E-state index in [-0.39, 0.29) is 32.9 Å². The number of carbonyl (C=O) groups is 2. The van der Waals surface area contributed by atoms with Crippen LogP contribution in [0.2, 0.25) is 0 Å². The number of ether oxygens (including phenoxy) is 1. The smallest absolute Gasteiger partial charge is 0.329 e. The van der Waals surface area contributed by atoms with Crippen molar-refractivity contribution >= 4 is 11.9 Å². The molecular weight excluding hydrogens is 390 g/mol. The van der Waals surface area contributed by atoms with Crippen LogP contribution < -0.4 is 5.32 Å². The zero-order valence-corrected chi connectivity index (χ0v) is 14.0. The van der Waals surface area contributed by atoms with Crippen LogP contribution in [0.1, 0.15) is 47.0 Å². The van der Waals surface area contributed by atoms with Gasteiger partial charge in [0.25, 0.3) is 0 Å². The van der Waals surface area contributed by atoms with Gasteiger partial charge in [0, 0.05) is 28.0 Å². The van der Waals surface area contributed by atoms with Gasteiger partial charge in [-0.1, -0.05) is 6.42 Å². The molecule has 100 valence electrons. The minimum Gasteiger partial charge on any atom is -0.458 e. The summed E-state index contributed by atoms with van der Waals surface area (Å²) in [6.45, 7) is 10.5. The first-order chi connectivity index (χ1) is 7.26. The number of hydrogen-bond acceptors (Lipinski definition) is 3. The maximum Gasteiger partial charge on any atom is 0.329 e. The molecule has 0 rings (SSSR count). The van der Waals surface area contributed by atoms with Crippen molar-refractivity contribution in [1.82, 2.24) is 5.32 Å². The number of nitrogens with one attached hydrogen (secondary N) is 1. The van der Waals surface area contributed by atoms with Crippen molar-refractivity contribution in [3.63, 3.8) is 0 Å². The molecule has 0 heterocycles. The summed E-state index contributed by atoms with van der Waals surface area (Å²) in [5, 5.41) is 2.60. The van der Waals surface area contributed by atoms with E-state index in [4.69, 9.17) is 4.74 Å². The first-order valence-corrected chi connectivity index (χ1v) is 5.55. The van der Waals surface area contributed by atoms with Gasteiger partial charge in [0.1, 0.15) is 11.6 Å². The first kappa shape index (κ1) is 19.0. The quantitative estimate of drug-likeness (QED) is 0.554. The predicted molar refractivity (Wildman–Crippen MR) is 62.7 cm³/mol. The number of hydrogen-bond donors (Lipinski definition) is 1. The number of esters is 1. The molecule has 0 radical (unpaired) electrons. The van der Waals surface area contributed by atoms with Crippen LogP contribution in [0, 0.1) is 6.92 Å². The molecule has 5 heteroatoms. The largest absolute Gasteiger partial charge is 0.458 e. The first-order valence-electron chi connectivity index (χ1n) is 5.55. The van der Waals surface area contributed by atoms with Crippen LogP contribution in [-0.2, 0) is 35.4 Å². The monoisotopic (exact) mass is 412 g/mol. The van der Waals surface area contributed by atoms with Crippen LogP contribution in [0.3, 0.4) is 0 Å². The van der Waals surface area contributed by atoms with Gasteiger partial charge in [0.2, 0.25) is 5.91 Å². The van der Waals surface area contributed by atoms with E-state index in [0.717, 1.165) is 12.8 Å². The van der Waals surface area contributed by atoms with Crippen molar-refractivity contribution in [1.29, 1.82) is 0 Å². The fourth-order valence-electron chi connectivity index (χ4n) is 1.22. The average molecular weight is 412 g/mol. The van der Waals surface area contributed by atoms with Crippen LogP contribution in [-0.4, -0.2) is 23.5 Å². The van der Waals surface area contributed by atoms with Crippen LogP contribution in [0.4, 0.5) is 0 Å². The third kappa shape index (κ3) is 10.5. The molecule has 0 aliphatic heterocycles. The Morgan fingerprint density at radius 2 is 1.88 bits per heavy atom. The molecular formula is C12H22NO3W-.